The van der Waals surface area contributed by atoms with E-state index in [0.717, 1.165) is 10.9 Å². The maximum Gasteiger partial charge on any atom is 0.277 e. The third-order valence-electron chi connectivity index (χ3n) is 3.35. The smallest absolute Gasteiger partial charge is 0.277 e. The van der Waals surface area contributed by atoms with E-state index >= 15 is 0 Å². The van der Waals surface area contributed by atoms with Crippen LogP contribution in [0, 0.1) is 6.92 Å². The molecule has 0 saturated carbocycles. The molecule has 3 aromatic rings. The second-order valence-electron chi connectivity index (χ2n) is 5.13. The lowest BCUT2D eigenvalue weighted by molar-refractivity contribution is 0.101. The number of ether oxygens (including phenoxy) is 1. The summed E-state index contributed by atoms with van der Waals surface area (Å²) in [7, 11) is 1.57. The quantitative estimate of drug-likeness (QED) is 0.769. The number of nitrogens with one attached hydrogen (secondary N) is 2. The Labute approximate surface area is 131 Å². The lowest BCUT2D eigenvalue weighted by atomic mass is 10.1. The SMILES string of the molecule is COCc1cc(=O)[nH]c2cc(NC(=O)c3cc(C)on3)ccc12. The largest absolute Gasteiger partial charge is 0.380 e. The average molecular weight is 313 g/mol. The number of rotatable bonds is 4. The Balaban J connectivity index is 1.94. The first-order chi connectivity index (χ1) is 11.1. The van der Waals surface area contributed by atoms with Gasteiger partial charge in [-0.2, -0.15) is 0 Å². The number of carbonyl (C=O) groups excluding carboxylic acids is 1. The molecule has 0 fully saturated rings. The fourth-order valence-electron chi connectivity index (χ4n) is 2.35. The highest BCUT2D eigenvalue weighted by Gasteiger charge is 2.12. The van der Waals surface area contributed by atoms with Gasteiger partial charge in [-0.05, 0) is 24.6 Å². The molecule has 0 bridgehead atoms. The number of pyridine rings is 1. The minimum absolute atomic E-state index is 0.198. The fourth-order valence-corrected chi connectivity index (χ4v) is 2.35. The van der Waals surface area contributed by atoms with E-state index in [0.29, 0.717) is 23.6 Å². The van der Waals surface area contributed by atoms with Gasteiger partial charge in [0.1, 0.15) is 5.76 Å². The van der Waals surface area contributed by atoms with Crippen LogP contribution in [0.4, 0.5) is 5.69 Å². The van der Waals surface area contributed by atoms with Crippen LogP contribution in [0.1, 0.15) is 21.8 Å². The summed E-state index contributed by atoms with van der Waals surface area (Å²) in [6, 6.07) is 8.33. The number of H-pyrrole nitrogens is 1. The number of aromatic nitrogens is 2. The first-order valence-electron chi connectivity index (χ1n) is 6.96. The summed E-state index contributed by atoms with van der Waals surface area (Å²) < 4.78 is 9.98. The molecular formula is C16H15N3O4. The molecule has 2 N–H and O–H groups in total. The van der Waals surface area contributed by atoms with Gasteiger partial charge >= 0.3 is 0 Å². The fraction of sp³-hybridized carbons (Fsp3) is 0.188. The number of anilines is 1. The summed E-state index contributed by atoms with van der Waals surface area (Å²) in [6.07, 6.45) is 0. The molecule has 118 valence electrons. The third kappa shape index (κ3) is 3.14. The van der Waals surface area contributed by atoms with Crippen LogP contribution in [0.25, 0.3) is 10.9 Å². The van der Waals surface area contributed by atoms with Crippen molar-refractivity contribution < 1.29 is 14.1 Å². The standard InChI is InChI=1S/C16H15N3O4/c1-9-5-14(19-23-9)16(21)17-11-3-4-12-10(8-22-2)6-15(20)18-13(12)7-11/h3-7H,8H2,1-2H3,(H,17,21)(H,18,20). The average Bonchev–Trinajstić information content (AvgIpc) is 2.94. The van der Waals surface area contributed by atoms with Gasteiger partial charge in [0.15, 0.2) is 5.69 Å². The van der Waals surface area contributed by atoms with Crippen molar-refractivity contribution in [2.75, 3.05) is 12.4 Å². The van der Waals surface area contributed by atoms with Gasteiger partial charge in [-0.1, -0.05) is 11.2 Å². The van der Waals surface area contributed by atoms with E-state index in [4.69, 9.17) is 9.26 Å². The van der Waals surface area contributed by atoms with Gasteiger partial charge in [0.2, 0.25) is 5.56 Å². The highest BCUT2D eigenvalue weighted by atomic mass is 16.5. The molecule has 2 aromatic heterocycles. The first-order valence-corrected chi connectivity index (χ1v) is 6.96. The molecular weight excluding hydrogens is 298 g/mol. The molecule has 7 heteroatoms. The summed E-state index contributed by atoms with van der Waals surface area (Å²) in [5.41, 5.74) is 1.94. The molecule has 7 nitrogen and oxygen atoms in total. The van der Waals surface area contributed by atoms with Gasteiger partial charge in [0.05, 0.1) is 12.1 Å². The Kier molecular flexibility index (Phi) is 3.94. The van der Waals surface area contributed by atoms with Gasteiger partial charge in [0.25, 0.3) is 5.91 Å². The van der Waals surface area contributed by atoms with Crippen LogP contribution in [-0.4, -0.2) is 23.2 Å². The highest BCUT2D eigenvalue weighted by Crippen LogP contribution is 2.20. The van der Waals surface area contributed by atoms with Crippen molar-refractivity contribution in [3.63, 3.8) is 0 Å². The molecule has 0 atom stereocenters. The van der Waals surface area contributed by atoms with Crippen LogP contribution in [0.2, 0.25) is 0 Å². The summed E-state index contributed by atoms with van der Waals surface area (Å²) in [6.45, 7) is 2.05. The van der Waals surface area contributed by atoms with Crippen molar-refractivity contribution in [1.29, 1.82) is 0 Å². The zero-order chi connectivity index (χ0) is 16.4. The first kappa shape index (κ1) is 15.0. The zero-order valence-electron chi connectivity index (χ0n) is 12.7. The summed E-state index contributed by atoms with van der Waals surface area (Å²) in [5, 5.41) is 7.25. The van der Waals surface area contributed by atoms with E-state index in [1.807, 2.05) is 6.07 Å². The van der Waals surface area contributed by atoms with Gasteiger partial charge in [-0.25, -0.2) is 0 Å². The Morgan fingerprint density at radius 2 is 2.17 bits per heavy atom. The molecule has 0 aliphatic rings. The number of hydrogen-bond acceptors (Lipinski definition) is 5. The Bertz CT molecular complexity index is 926. The number of aryl methyl sites for hydroxylation is 1. The van der Waals surface area contributed by atoms with Crippen molar-refractivity contribution in [2.24, 2.45) is 0 Å². The van der Waals surface area contributed by atoms with E-state index in [-0.39, 0.29) is 17.2 Å². The number of fused-ring (bicyclic) bond motifs is 1. The van der Waals surface area contributed by atoms with E-state index < -0.39 is 0 Å². The number of carbonyl (C=O) groups is 1. The van der Waals surface area contributed by atoms with Crippen molar-refractivity contribution in [1.82, 2.24) is 10.1 Å². The van der Waals surface area contributed by atoms with Gasteiger partial charge in [0, 0.05) is 30.3 Å². The van der Waals surface area contributed by atoms with Crippen LogP contribution < -0.4 is 10.9 Å². The Morgan fingerprint density at radius 1 is 1.35 bits per heavy atom. The molecule has 0 aliphatic carbocycles. The lowest BCUT2D eigenvalue weighted by Gasteiger charge is -2.08. The number of aromatic amines is 1. The van der Waals surface area contributed by atoms with Crippen LogP contribution in [0.3, 0.4) is 0 Å². The van der Waals surface area contributed by atoms with Crippen LogP contribution in [0.5, 0.6) is 0 Å². The van der Waals surface area contributed by atoms with E-state index in [2.05, 4.69) is 15.5 Å². The van der Waals surface area contributed by atoms with E-state index in [1.165, 1.54) is 6.07 Å². The molecule has 0 spiro atoms. The van der Waals surface area contributed by atoms with Gasteiger partial charge in [-0.3, -0.25) is 9.59 Å². The van der Waals surface area contributed by atoms with Crippen LogP contribution in [-0.2, 0) is 11.3 Å². The van der Waals surface area contributed by atoms with Crippen LogP contribution >= 0.6 is 0 Å². The number of nitrogens with zero attached hydrogens (tertiary/aromatic N) is 1. The lowest BCUT2D eigenvalue weighted by Crippen LogP contribution is -2.13. The van der Waals surface area contributed by atoms with Crippen molar-refractivity contribution in [2.45, 2.75) is 13.5 Å². The number of benzene rings is 1. The molecule has 2 heterocycles. The molecule has 1 aromatic carbocycles. The molecule has 0 aliphatic heterocycles. The van der Waals surface area contributed by atoms with Crippen molar-refractivity contribution in [3.8, 4) is 0 Å². The molecule has 3 rings (SSSR count). The van der Waals surface area contributed by atoms with E-state index in [1.54, 1.807) is 32.2 Å². The maximum absolute atomic E-state index is 12.1. The predicted molar refractivity (Wildman–Crippen MR) is 84.5 cm³/mol. The summed E-state index contributed by atoms with van der Waals surface area (Å²) >= 11 is 0. The minimum Gasteiger partial charge on any atom is -0.380 e. The normalized spacial score (nSPS) is 10.9. The molecule has 0 unspecified atom stereocenters. The van der Waals surface area contributed by atoms with Crippen molar-refractivity contribution >= 4 is 22.5 Å². The van der Waals surface area contributed by atoms with Crippen LogP contribution in [0.15, 0.2) is 39.6 Å². The monoisotopic (exact) mass is 313 g/mol. The van der Waals surface area contributed by atoms with Gasteiger partial charge < -0.3 is 19.6 Å². The number of amides is 1. The molecule has 0 radical (unpaired) electrons. The Hall–Kier alpha value is -2.93. The van der Waals surface area contributed by atoms with Crippen molar-refractivity contribution in [3.05, 3.63) is 57.7 Å². The topological polar surface area (TPSA) is 97.2 Å². The highest BCUT2D eigenvalue weighted by molar-refractivity contribution is 6.03. The second kappa shape index (κ2) is 6.05. The molecule has 1 amide bonds. The number of hydrogen-bond donors (Lipinski definition) is 2. The van der Waals surface area contributed by atoms with E-state index in [9.17, 15) is 9.59 Å². The summed E-state index contributed by atoms with van der Waals surface area (Å²) in [4.78, 5) is 26.5. The molecule has 23 heavy (non-hydrogen) atoms. The summed E-state index contributed by atoms with van der Waals surface area (Å²) in [5.74, 6) is 0.179. The number of methoxy groups -OCH3 is 1. The third-order valence-corrected chi connectivity index (χ3v) is 3.35. The molecule has 0 saturated heterocycles. The minimum atomic E-state index is -0.378. The maximum atomic E-state index is 12.1. The van der Waals surface area contributed by atoms with Gasteiger partial charge in [-0.15, -0.1) is 0 Å². The second-order valence-corrected chi connectivity index (χ2v) is 5.13. The zero-order valence-corrected chi connectivity index (χ0v) is 12.7. The Morgan fingerprint density at radius 3 is 2.87 bits per heavy atom. The predicted octanol–water partition coefficient (Wildman–Crippen LogP) is 2.22.